The van der Waals surface area contributed by atoms with Gasteiger partial charge in [0.25, 0.3) is 10.0 Å². The summed E-state index contributed by atoms with van der Waals surface area (Å²) in [5.41, 5.74) is 1.91. The summed E-state index contributed by atoms with van der Waals surface area (Å²) in [6.45, 7) is 6.99. The summed E-state index contributed by atoms with van der Waals surface area (Å²) in [5.74, 6) is 0.415. The van der Waals surface area contributed by atoms with Gasteiger partial charge < -0.3 is 0 Å². The molecular formula is C15H20N2O3S2. The Hall–Kier alpha value is -1.47. The third-order valence-electron chi connectivity index (χ3n) is 3.63. The number of benzene rings is 1. The van der Waals surface area contributed by atoms with Gasteiger partial charge in [-0.15, -0.1) is 3.77 Å². The number of rotatable bonds is 4. The molecule has 0 saturated heterocycles. The van der Waals surface area contributed by atoms with Crippen molar-refractivity contribution in [3.05, 3.63) is 35.5 Å². The first-order chi connectivity index (χ1) is 10.2. The zero-order valence-corrected chi connectivity index (χ0v) is 14.8. The SMILES string of the molecule is CCS(=O)(CC)=NS(=O)(=O)c1c(C)cc(C)c2cccnc12. The van der Waals surface area contributed by atoms with Gasteiger partial charge in [0, 0.05) is 23.1 Å². The Kier molecular flexibility index (Phi) is 4.58. The number of hydrogen-bond donors (Lipinski definition) is 0. The number of nitrogens with zero attached hydrogens (tertiary/aromatic N) is 2. The van der Waals surface area contributed by atoms with Crippen molar-refractivity contribution in [2.75, 3.05) is 11.5 Å². The molecule has 0 amide bonds. The average molecular weight is 340 g/mol. The van der Waals surface area contributed by atoms with Crippen molar-refractivity contribution < 1.29 is 12.6 Å². The summed E-state index contributed by atoms with van der Waals surface area (Å²) in [7, 11) is -6.79. The fourth-order valence-corrected chi connectivity index (χ4v) is 6.26. The molecule has 0 spiro atoms. The molecule has 2 rings (SSSR count). The van der Waals surface area contributed by atoms with Gasteiger partial charge in [0.2, 0.25) is 0 Å². The second kappa shape index (κ2) is 5.96. The molecule has 0 unspecified atom stereocenters. The highest BCUT2D eigenvalue weighted by molar-refractivity contribution is 8.03. The molecule has 1 heterocycles. The quantitative estimate of drug-likeness (QED) is 0.857. The van der Waals surface area contributed by atoms with Crippen molar-refractivity contribution in [3.63, 3.8) is 0 Å². The molecule has 22 heavy (non-hydrogen) atoms. The standard InChI is InChI=1S/C15H20N2O3S2/c1-5-21(18,6-2)17-22(19,20)15-12(4)10-11(3)13-8-7-9-16-14(13)15/h7-10H,5-6H2,1-4H3. The molecule has 7 heteroatoms. The molecule has 0 aliphatic carbocycles. The van der Waals surface area contributed by atoms with Gasteiger partial charge in [-0.1, -0.05) is 26.0 Å². The third kappa shape index (κ3) is 3.01. The first kappa shape index (κ1) is 16.9. The van der Waals surface area contributed by atoms with Gasteiger partial charge >= 0.3 is 0 Å². The molecule has 2 aromatic rings. The molecular weight excluding hydrogens is 320 g/mol. The topological polar surface area (TPSA) is 76.5 Å². The van der Waals surface area contributed by atoms with Gasteiger partial charge in [0.15, 0.2) is 0 Å². The normalized spacial score (nSPS) is 12.5. The molecule has 0 bridgehead atoms. The number of aromatic nitrogens is 1. The minimum atomic E-state index is -4.03. The van der Waals surface area contributed by atoms with Crippen molar-refractivity contribution in [2.24, 2.45) is 3.77 Å². The molecule has 0 aliphatic heterocycles. The van der Waals surface area contributed by atoms with Crippen molar-refractivity contribution in [3.8, 4) is 0 Å². The summed E-state index contributed by atoms with van der Waals surface area (Å²) in [6.07, 6.45) is 1.55. The van der Waals surface area contributed by atoms with Gasteiger partial charge in [-0.05, 0) is 31.0 Å². The van der Waals surface area contributed by atoms with Crippen LogP contribution in [-0.4, -0.2) is 29.1 Å². The van der Waals surface area contributed by atoms with E-state index in [2.05, 4.69) is 8.75 Å². The Balaban J connectivity index is 2.89. The Morgan fingerprint density at radius 3 is 2.32 bits per heavy atom. The van der Waals surface area contributed by atoms with E-state index in [0.29, 0.717) is 11.1 Å². The summed E-state index contributed by atoms with van der Waals surface area (Å²) in [6, 6.07) is 5.39. The van der Waals surface area contributed by atoms with Gasteiger partial charge in [-0.2, -0.15) is 8.42 Å². The zero-order valence-electron chi connectivity index (χ0n) is 13.2. The summed E-state index contributed by atoms with van der Waals surface area (Å²) < 4.78 is 41.7. The van der Waals surface area contributed by atoms with E-state index in [1.165, 1.54) is 0 Å². The van der Waals surface area contributed by atoms with Crippen molar-refractivity contribution in [2.45, 2.75) is 32.6 Å². The molecule has 0 radical (unpaired) electrons. The number of hydrogen-bond acceptors (Lipinski definition) is 4. The van der Waals surface area contributed by atoms with E-state index in [4.69, 9.17) is 0 Å². The Bertz CT molecular complexity index is 931. The van der Waals surface area contributed by atoms with E-state index in [0.717, 1.165) is 10.9 Å². The smallest absolute Gasteiger partial charge is 0.255 e. The highest BCUT2D eigenvalue weighted by atomic mass is 32.3. The Morgan fingerprint density at radius 2 is 1.73 bits per heavy atom. The van der Waals surface area contributed by atoms with E-state index in [9.17, 15) is 12.6 Å². The lowest BCUT2D eigenvalue weighted by molar-refractivity contribution is 0.598. The van der Waals surface area contributed by atoms with Crippen LogP contribution < -0.4 is 0 Å². The highest BCUT2D eigenvalue weighted by Crippen LogP contribution is 2.29. The van der Waals surface area contributed by atoms with E-state index in [-0.39, 0.29) is 16.4 Å². The van der Waals surface area contributed by atoms with E-state index >= 15 is 0 Å². The Labute approximate surface area is 132 Å². The maximum Gasteiger partial charge on any atom is 0.292 e. The summed E-state index contributed by atoms with van der Waals surface area (Å²) in [5, 5.41) is 0.765. The van der Waals surface area contributed by atoms with E-state index < -0.39 is 19.8 Å². The van der Waals surface area contributed by atoms with Crippen LogP contribution in [0.5, 0.6) is 0 Å². The van der Waals surface area contributed by atoms with Crippen LogP contribution in [0.3, 0.4) is 0 Å². The first-order valence-electron chi connectivity index (χ1n) is 7.08. The van der Waals surface area contributed by atoms with Crippen LogP contribution in [0.15, 0.2) is 33.1 Å². The minimum Gasteiger partial charge on any atom is -0.255 e. The summed E-state index contributed by atoms with van der Waals surface area (Å²) in [4.78, 5) is 4.28. The van der Waals surface area contributed by atoms with Crippen LogP contribution in [0.4, 0.5) is 0 Å². The fourth-order valence-electron chi connectivity index (χ4n) is 2.41. The predicted molar refractivity (Wildman–Crippen MR) is 90.1 cm³/mol. The third-order valence-corrected chi connectivity index (χ3v) is 8.34. The maximum atomic E-state index is 12.7. The van der Waals surface area contributed by atoms with Gasteiger partial charge in [0.05, 0.1) is 15.2 Å². The number of fused-ring (bicyclic) bond motifs is 1. The molecule has 120 valence electrons. The molecule has 0 fully saturated rings. The Morgan fingerprint density at radius 1 is 1.09 bits per heavy atom. The molecule has 1 aromatic heterocycles. The fraction of sp³-hybridized carbons (Fsp3) is 0.400. The number of pyridine rings is 1. The molecule has 0 atom stereocenters. The van der Waals surface area contributed by atoms with Crippen LogP contribution in [-0.2, 0) is 19.8 Å². The average Bonchev–Trinajstić information content (AvgIpc) is 2.46. The molecule has 0 saturated carbocycles. The molecule has 0 aliphatic rings. The monoisotopic (exact) mass is 340 g/mol. The number of aryl methyl sites for hydroxylation is 2. The predicted octanol–water partition coefficient (Wildman–Crippen LogP) is 3.05. The number of sulfonamides is 1. The molecule has 5 nitrogen and oxygen atoms in total. The van der Waals surface area contributed by atoms with Crippen LogP contribution in [0.1, 0.15) is 25.0 Å². The van der Waals surface area contributed by atoms with Gasteiger partial charge in [-0.25, -0.2) is 4.21 Å². The zero-order chi connectivity index (χ0) is 16.5. The van der Waals surface area contributed by atoms with Crippen LogP contribution in [0.25, 0.3) is 10.9 Å². The van der Waals surface area contributed by atoms with Gasteiger partial charge in [-0.3, -0.25) is 4.98 Å². The largest absolute Gasteiger partial charge is 0.292 e. The lowest BCUT2D eigenvalue weighted by Crippen LogP contribution is -2.11. The van der Waals surface area contributed by atoms with E-state index in [1.807, 2.05) is 13.0 Å². The molecule has 0 N–H and O–H groups in total. The second-order valence-corrected chi connectivity index (χ2v) is 9.79. The minimum absolute atomic E-state index is 0.0586. The second-order valence-electron chi connectivity index (χ2n) is 5.14. The summed E-state index contributed by atoms with van der Waals surface area (Å²) >= 11 is 0. The van der Waals surface area contributed by atoms with Crippen molar-refractivity contribution in [1.29, 1.82) is 0 Å². The lowest BCUT2D eigenvalue weighted by Gasteiger charge is -2.11. The van der Waals surface area contributed by atoms with Crippen LogP contribution >= 0.6 is 0 Å². The maximum absolute atomic E-state index is 12.7. The van der Waals surface area contributed by atoms with E-state index in [1.54, 1.807) is 39.1 Å². The first-order valence-corrected chi connectivity index (χ1v) is 10.4. The van der Waals surface area contributed by atoms with Crippen LogP contribution in [0.2, 0.25) is 0 Å². The van der Waals surface area contributed by atoms with Gasteiger partial charge in [0.1, 0.15) is 4.90 Å². The van der Waals surface area contributed by atoms with Crippen LogP contribution in [0, 0.1) is 13.8 Å². The lowest BCUT2D eigenvalue weighted by atomic mass is 10.1. The molecule has 1 aromatic carbocycles. The van der Waals surface area contributed by atoms with Crippen molar-refractivity contribution in [1.82, 2.24) is 4.98 Å². The van der Waals surface area contributed by atoms with Crippen molar-refractivity contribution >= 4 is 30.7 Å². The highest BCUT2D eigenvalue weighted by Gasteiger charge is 2.23.